The van der Waals surface area contributed by atoms with Crippen LogP contribution in [0.15, 0.2) is 42.0 Å². The molecule has 2 N–H and O–H groups in total. The quantitative estimate of drug-likeness (QED) is 0.845. The third-order valence-corrected chi connectivity index (χ3v) is 5.44. The summed E-state index contributed by atoms with van der Waals surface area (Å²) in [6.07, 6.45) is 5.97. The summed E-state index contributed by atoms with van der Waals surface area (Å²) in [6.45, 7) is 4.83. The van der Waals surface area contributed by atoms with E-state index in [1.807, 2.05) is 19.1 Å². The maximum atomic E-state index is 12.3. The molecule has 2 aromatic rings. The number of thiophene rings is 1. The number of pyridine rings is 1. The van der Waals surface area contributed by atoms with Crippen molar-refractivity contribution >= 4 is 17.4 Å². The molecular formula is C18H24N4OS. The van der Waals surface area contributed by atoms with Crippen LogP contribution in [0.4, 0.5) is 4.79 Å². The standard InChI is InChI=1S/C18H24N4OS/c1-14(15-6-8-19-9-7-15)21-18(23)20-13-16(17-5-4-12-24-17)22-10-2-3-11-22/h4-9,12,14,16H,2-3,10-11,13H2,1H3,(H2,20,21,23)/t14-,16-/m1/s1. The molecule has 6 heteroatoms. The molecule has 0 aliphatic carbocycles. The molecular weight excluding hydrogens is 320 g/mol. The van der Waals surface area contributed by atoms with Gasteiger partial charge in [0.2, 0.25) is 0 Å². The maximum Gasteiger partial charge on any atom is 0.315 e. The summed E-state index contributed by atoms with van der Waals surface area (Å²) in [4.78, 5) is 20.1. The summed E-state index contributed by atoms with van der Waals surface area (Å²) in [5.74, 6) is 0. The van der Waals surface area contributed by atoms with E-state index in [1.165, 1.54) is 17.7 Å². The first kappa shape index (κ1) is 16.9. The zero-order chi connectivity index (χ0) is 16.8. The molecule has 1 saturated heterocycles. The van der Waals surface area contributed by atoms with Crippen molar-refractivity contribution < 1.29 is 4.79 Å². The molecule has 0 aromatic carbocycles. The van der Waals surface area contributed by atoms with Gasteiger partial charge in [0, 0.05) is 23.8 Å². The number of nitrogens with zero attached hydrogens (tertiary/aromatic N) is 2. The number of aromatic nitrogens is 1. The third-order valence-electron chi connectivity index (χ3n) is 4.46. The lowest BCUT2D eigenvalue weighted by Crippen LogP contribution is -2.42. The molecule has 1 fully saturated rings. The predicted molar refractivity (Wildman–Crippen MR) is 97.1 cm³/mol. The largest absolute Gasteiger partial charge is 0.336 e. The molecule has 3 heterocycles. The van der Waals surface area contributed by atoms with Gasteiger partial charge in [0.25, 0.3) is 0 Å². The van der Waals surface area contributed by atoms with Gasteiger partial charge >= 0.3 is 6.03 Å². The van der Waals surface area contributed by atoms with Gasteiger partial charge in [0.15, 0.2) is 0 Å². The molecule has 1 aliphatic rings. The minimum atomic E-state index is -0.125. The number of amides is 2. The highest BCUT2D eigenvalue weighted by atomic mass is 32.1. The topological polar surface area (TPSA) is 57.3 Å². The van der Waals surface area contributed by atoms with E-state index in [0.717, 1.165) is 18.7 Å². The van der Waals surface area contributed by atoms with Crippen molar-refractivity contribution in [2.24, 2.45) is 0 Å². The number of urea groups is 1. The van der Waals surface area contributed by atoms with E-state index in [4.69, 9.17) is 0 Å². The number of hydrogen-bond donors (Lipinski definition) is 2. The Labute approximate surface area is 147 Å². The maximum absolute atomic E-state index is 12.3. The van der Waals surface area contributed by atoms with Crippen LogP contribution in [0.25, 0.3) is 0 Å². The van der Waals surface area contributed by atoms with Crippen LogP contribution in [-0.4, -0.2) is 35.5 Å². The number of carbonyl (C=O) groups excluding carboxylic acids is 1. The van der Waals surface area contributed by atoms with E-state index in [2.05, 4.69) is 38.0 Å². The van der Waals surface area contributed by atoms with Crippen LogP contribution in [-0.2, 0) is 0 Å². The predicted octanol–water partition coefficient (Wildman–Crippen LogP) is 3.34. The average Bonchev–Trinajstić information content (AvgIpc) is 3.30. The van der Waals surface area contributed by atoms with Crippen molar-refractivity contribution in [3.05, 3.63) is 52.5 Å². The summed E-state index contributed by atoms with van der Waals surface area (Å²) >= 11 is 1.76. The molecule has 0 radical (unpaired) electrons. The number of likely N-dealkylation sites (tertiary alicyclic amines) is 1. The van der Waals surface area contributed by atoms with E-state index in [-0.39, 0.29) is 18.1 Å². The zero-order valence-corrected chi connectivity index (χ0v) is 14.8. The van der Waals surface area contributed by atoms with Gasteiger partial charge in [-0.25, -0.2) is 4.79 Å². The van der Waals surface area contributed by atoms with Crippen LogP contribution < -0.4 is 10.6 Å². The Hall–Kier alpha value is -1.92. The van der Waals surface area contributed by atoms with E-state index in [9.17, 15) is 4.79 Å². The van der Waals surface area contributed by atoms with Crippen molar-refractivity contribution in [3.8, 4) is 0 Å². The molecule has 2 amide bonds. The first-order chi connectivity index (χ1) is 11.7. The van der Waals surface area contributed by atoms with E-state index in [1.54, 1.807) is 23.7 Å². The van der Waals surface area contributed by atoms with Crippen molar-refractivity contribution in [2.45, 2.75) is 31.8 Å². The van der Waals surface area contributed by atoms with Gasteiger partial charge < -0.3 is 10.6 Å². The number of carbonyl (C=O) groups is 1. The van der Waals surface area contributed by atoms with Crippen LogP contribution >= 0.6 is 11.3 Å². The lowest BCUT2D eigenvalue weighted by Gasteiger charge is -2.27. The molecule has 5 nitrogen and oxygen atoms in total. The molecule has 128 valence electrons. The van der Waals surface area contributed by atoms with Gasteiger partial charge in [-0.05, 0) is 62.0 Å². The first-order valence-electron chi connectivity index (χ1n) is 8.46. The Balaban J connectivity index is 1.55. The van der Waals surface area contributed by atoms with Crippen molar-refractivity contribution in [1.29, 1.82) is 0 Å². The van der Waals surface area contributed by atoms with Crippen molar-refractivity contribution in [2.75, 3.05) is 19.6 Å². The molecule has 2 atom stereocenters. The highest BCUT2D eigenvalue weighted by molar-refractivity contribution is 7.10. The average molecular weight is 344 g/mol. The summed E-state index contributed by atoms with van der Waals surface area (Å²) in [7, 11) is 0. The molecule has 0 bridgehead atoms. The highest BCUT2D eigenvalue weighted by Crippen LogP contribution is 2.27. The summed E-state index contributed by atoms with van der Waals surface area (Å²) in [6, 6.07) is 8.18. The summed E-state index contributed by atoms with van der Waals surface area (Å²) in [5.41, 5.74) is 1.05. The summed E-state index contributed by atoms with van der Waals surface area (Å²) < 4.78 is 0. The lowest BCUT2D eigenvalue weighted by molar-refractivity contribution is 0.220. The SMILES string of the molecule is C[C@@H](NC(=O)NC[C@H](c1cccs1)N1CCCC1)c1ccncc1. The Morgan fingerprint density at radius 3 is 2.71 bits per heavy atom. The Morgan fingerprint density at radius 2 is 2.04 bits per heavy atom. The van der Waals surface area contributed by atoms with Crippen LogP contribution in [0.3, 0.4) is 0 Å². The highest BCUT2D eigenvalue weighted by Gasteiger charge is 2.24. The van der Waals surface area contributed by atoms with E-state index in [0.29, 0.717) is 6.54 Å². The smallest absolute Gasteiger partial charge is 0.315 e. The van der Waals surface area contributed by atoms with Crippen molar-refractivity contribution in [3.63, 3.8) is 0 Å². The Kier molecular flexibility index (Phi) is 5.82. The fraction of sp³-hybridized carbons (Fsp3) is 0.444. The monoisotopic (exact) mass is 344 g/mol. The van der Waals surface area contributed by atoms with Crippen LogP contribution in [0, 0.1) is 0 Å². The first-order valence-corrected chi connectivity index (χ1v) is 9.34. The molecule has 0 spiro atoms. The second kappa shape index (κ2) is 8.26. The van der Waals surface area contributed by atoms with Crippen LogP contribution in [0.2, 0.25) is 0 Å². The van der Waals surface area contributed by atoms with Gasteiger partial charge in [-0.2, -0.15) is 0 Å². The fourth-order valence-electron chi connectivity index (χ4n) is 3.12. The second-order valence-electron chi connectivity index (χ2n) is 6.13. The van der Waals surface area contributed by atoms with Gasteiger partial charge in [-0.15, -0.1) is 11.3 Å². The van der Waals surface area contributed by atoms with Gasteiger partial charge in [-0.3, -0.25) is 9.88 Å². The fourth-order valence-corrected chi connectivity index (χ4v) is 3.98. The van der Waals surface area contributed by atoms with E-state index < -0.39 is 0 Å². The minimum absolute atomic E-state index is 0.0417. The number of rotatable bonds is 6. The number of nitrogens with one attached hydrogen (secondary N) is 2. The number of hydrogen-bond acceptors (Lipinski definition) is 4. The third kappa shape index (κ3) is 4.33. The van der Waals surface area contributed by atoms with Gasteiger partial charge in [0.05, 0.1) is 12.1 Å². The molecule has 24 heavy (non-hydrogen) atoms. The van der Waals surface area contributed by atoms with Gasteiger partial charge in [0.1, 0.15) is 0 Å². The Bertz CT molecular complexity index is 626. The van der Waals surface area contributed by atoms with E-state index >= 15 is 0 Å². The molecule has 2 aromatic heterocycles. The normalized spacial score (nSPS) is 17.4. The zero-order valence-electron chi connectivity index (χ0n) is 13.9. The van der Waals surface area contributed by atoms with Crippen molar-refractivity contribution in [1.82, 2.24) is 20.5 Å². The molecule has 0 unspecified atom stereocenters. The second-order valence-corrected chi connectivity index (χ2v) is 7.11. The van der Waals surface area contributed by atoms with Crippen LogP contribution in [0.1, 0.15) is 42.3 Å². The molecule has 1 aliphatic heterocycles. The lowest BCUT2D eigenvalue weighted by atomic mass is 10.1. The molecule has 3 rings (SSSR count). The Morgan fingerprint density at radius 1 is 1.29 bits per heavy atom. The van der Waals surface area contributed by atoms with Gasteiger partial charge in [-0.1, -0.05) is 6.07 Å². The van der Waals surface area contributed by atoms with Crippen LogP contribution in [0.5, 0.6) is 0 Å². The molecule has 0 saturated carbocycles. The minimum Gasteiger partial charge on any atom is -0.336 e. The summed E-state index contributed by atoms with van der Waals surface area (Å²) in [5, 5.41) is 8.14.